The number of hydrogen-bond acceptors (Lipinski definition) is 7. The van der Waals surface area contributed by atoms with Crippen LogP contribution in [-0.4, -0.2) is 50.0 Å². The Hall–Kier alpha value is -3.68. The molecule has 1 amide bonds. The van der Waals surface area contributed by atoms with E-state index in [1.807, 2.05) is 6.92 Å². The van der Waals surface area contributed by atoms with Crippen molar-refractivity contribution in [2.24, 2.45) is 5.92 Å². The number of hydrogen-bond donors (Lipinski definition) is 0. The van der Waals surface area contributed by atoms with Crippen LogP contribution in [0.4, 0.5) is 5.69 Å². The minimum atomic E-state index is -0.983. The molecule has 2 aromatic rings. The van der Waals surface area contributed by atoms with E-state index in [4.69, 9.17) is 14.2 Å². The molecule has 2 aromatic carbocycles. The van der Waals surface area contributed by atoms with Gasteiger partial charge in [0.15, 0.2) is 6.10 Å². The summed E-state index contributed by atoms with van der Waals surface area (Å²) in [6, 6.07) is 13.0. The van der Waals surface area contributed by atoms with Gasteiger partial charge in [-0.3, -0.25) is 14.4 Å². The van der Waals surface area contributed by atoms with Gasteiger partial charge in [0.2, 0.25) is 11.7 Å². The summed E-state index contributed by atoms with van der Waals surface area (Å²) in [5.74, 6) is -1.65. The van der Waals surface area contributed by atoms with E-state index in [-0.39, 0.29) is 24.7 Å². The molecule has 8 heteroatoms. The molecule has 3 rings (SSSR count). The lowest BCUT2D eigenvalue weighted by atomic mass is 10.1. The minimum absolute atomic E-state index is 0.0113. The number of rotatable bonds is 9. The number of ether oxygens (including phenoxy) is 3. The minimum Gasteiger partial charge on any atom is -0.497 e. The summed E-state index contributed by atoms with van der Waals surface area (Å²) in [6.45, 7) is 3.90. The van der Waals surface area contributed by atoms with Crippen LogP contribution in [0.2, 0.25) is 0 Å². The van der Waals surface area contributed by atoms with E-state index in [9.17, 15) is 19.2 Å². The van der Waals surface area contributed by atoms with Gasteiger partial charge in [-0.2, -0.15) is 0 Å². The molecule has 0 bridgehead atoms. The van der Waals surface area contributed by atoms with E-state index in [1.54, 1.807) is 48.5 Å². The lowest BCUT2D eigenvalue weighted by Crippen LogP contribution is -2.30. The largest absolute Gasteiger partial charge is 0.497 e. The highest BCUT2D eigenvalue weighted by Gasteiger charge is 2.37. The van der Waals surface area contributed by atoms with Crippen LogP contribution in [0.15, 0.2) is 48.5 Å². The van der Waals surface area contributed by atoms with Gasteiger partial charge in [0.05, 0.1) is 25.2 Å². The van der Waals surface area contributed by atoms with Gasteiger partial charge in [-0.25, -0.2) is 4.79 Å². The van der Waals surface area contributed by atoms with Gasteiger partial charge >= 0.3 is 11.9 Å². The van der Waals surface area contributed by atoms with Crippen LogP contribution in [0.1, 0.15) is 47.4 Å². The highest BCUT2D eigenvalue weighted by molar-refractivity contribution is 6.02. The van der Waals surface area contributed by atoms with Gasteiger partial charge < -0.3 is 19.1 Å². The number of amides is 1. The smallest absolute Gasteiger partial charge is 0.338 e. The fourth-order valence-electron chi connectivity index (χ4n) is 3.48. The number of nitrogens with zero attached hydrogens (tertiary/aromatic N) is 1. The van der Waals surface area contributed by atoms with E-state index >= 15 is 0 Å². The molecule has 1 saturated heterocycles. The molecule has 0 aromatic heterocycles. The zero-order valence-electron chi connectivity index (χ0n) is 18.9. The molecule has 174 valence electrons. The van der Waals surface area contributed by atoms with E-state index < -0.39 is 24.0 Å². The summed E-state index contributed by atoms with van der Waals surface area (Å²) < 4.78 is 15.5. The molecular weight excluding hydrogens is 426 g/mol. The number of esters is 2. The molecule has 33 heavy (non-hydrogen) atoms. The van der Waals surface area contributed by atoms with Crippen molar-refractivity contribution in [1.82, 2.24) is 0 Å². The Morgan fingerprint density at radius 2 is 1.67 bits per heavy atom. The first-order chi connectivity index (χ1) is 15.8. The molecule has 0 saturated carbocycles. The second-order valence-corrected chi connectivity index (χ2v) is 7.76. The summed E-state index contributed by atoms with van der Waals surface area (Å²) in [7, 11) is 1.53. The Kier molecular flexibility index (Phi) is 7.82. The summed E-state index contributed by atoms with van der Waals surface area (Å²) >= 11 is 0. The number of ketones is 1. The molecule has 1 heterocycles. The number of methoxy groups -OCH3 is 1. The van der Waals surface area contributed by atoms with E-state index in [0.717, 1.165) is 6.42 Å². The van der Waals surface area contributed by atoms with Crippen molar-refractivity contribution in [2.75, 3.05) is 25.2 Å². The topological polar surface area (TPSA) is 99.2 Å². The number of carbonyl (C=O) groups is 4. The van der Waals surface area contributed by atoms with Gasteiger partial charge in [-0.1, -0.05) is 6.92 Å². The van der Waals surface area contributed by atoms with Gasteiger partial charge in [0, 0.05) is 24.2 Å². The van der Waals surface area contributed by atoms with Crippen molar-refractivity contribution in [1.29, 1.82) is 0 Å². The summed E-state index contributed by atoms with van der Waals surface area (Å²) in [4.78, 5) is 51.1. The molecular formula is C25H27NO7. The Balaban J connectivity index is 1.59. The maximum atomic E-state index is 12.6. The number of benzene rings is 2. The van der Waals surface area contributed by atoms with E-state index in [0.29, 0.717) is 29.2 Å². The first-order valence-electron chi connectivity index (χ1n) is 10.8. The molecule has 1 aliphatic rings. The molecule has 0 unspecified atom stereocenters. The Morgan fingerprint density at radius 3 is 2.27 bits per heavy atom. The van der Waals surface area contributed by atoms with Crippen LogP contribution in [-0.2, 0) is 19.1 Å². The Bertz CT molecular complexity index is 1010. The molecule has 2 atom stereocenters. The predicted molar refractivity (Wildman–Crippen MR) is 120 cm³/mol. The fourth-order valence-corrected chi connectivity index (χ4v) is 3.48. The number of carbonyl (C=O) groups excluding carboxylic acids is 4. The second-order valence-electron chi connectivity index (χ2n) is 7.76. The standard InChI is InChI=1S/C25H27NO7/c1-4-13-32-24(29)18-5-9-20(10-6-18)26-15-19(14-22(26)27)25(30)33-16(2)23(28)17-7-11-21(31-3)12-8-17/h5-12,16,19H,4,13-15H2,1-3H3/t16-,19+/m1/s1. The van der Waals surface area contributed by atoms with Crippen molar-refractivity contribution in [2.45, 2.75) is 32.8 Å². The monoisotopic (exact) mass is 453 g/mol. The van der Waals surface area contributed by atoms with Gasteiger partial charge in [-0.05, 0) is 61.9 Å². The third-order valence-electron chi connectivity index (χ3n) is 5.35. The number of Topliss-reactive ketones (excluding diaryl/α,β-unsaturated/α-hetero) is 1. The van der Waals surface area contributed by atoms with Crippen LogP contribution < -0.4 is 9.64 Å². The van der Waals surface area contributed by atoms with E-state index in [2.05, 4.69) is 0 Å². The summed E-state index contributed by atoms with van der Waals surface area (Å²) in [5.41, 5.74) is 1.36. The lowest BCUT2D eigenvalue weighted by molar-refractivity contribution is -0.151. The summed E-state index contributed by atoms with van der Waals surface area (Å²) in [6.07, 6.45) is -0.264. The SMILES string of the molecule is CCCOC(=O)c1ccc(N2C[C@@H](C(=O)O[C@H](C)C(=O)c3ccc(OC)cc3)CC2=O)cc1. The van der Waals surface area contributed by atoms with Crippen LogP contribution in [0.5, 0.6) is 5.75 Å². The molecule has 0 N–H and O–H groups in total. The van der Waals surface area contributed by atoms with Crippen molar-refractivity contribution in [3.05, 3.63) is 59.7 Å². The molecule has 0 aliphatic carbocycles. The van der Waals surface area contributed by atoms with Gasteiger partial charge in [0.25, 0.3) is 0 Å². The Labute approximate surface area is 192 Å². The van der Waals surface area contributed by atoms with Crippen LogP contribution in [0.25, 0.3) is 0 Å². The maximum absolute atomic E-state index is 12.6. The van der Waals surface area contributed by atoms with Crippen molar-refractivity contribution in [3.63, 3.8) is 0 Å². The molecule has 0 radical (unpaired) electrons. The maximum Gasteiger partial charge on any atom is 0.338 e. The molecule has 8 nitrogen and oxygen atoms in total. The zero-order valence-corrected chi connectivity index (χ0v) is 18.9. The van der Waals surface area contributed by atoms with Crippen molar-refractivity contribution in [3.8, 4) is 5.75 Å². The normalized spacial score (nSPS) is 16.3. The second kappa shape index (κ2) is 10.8. The molecule has 1 aliphatic heterocycles. The number of anilines is 1. The average Bonchev–Trinajstić information content (AvgIpc) is 3.23. The van der Waals surface area contributed by atoms with Crippen molar-refractivity contribution >= 4 is 29.3 Å². The zero-order chi connectivity index (χ0) is 24.0. The first-order valence-corrected chi connectivity index (χ1v) is 10.8. The Morgan fingerprint density at radius 1 is 1.03 bits per heavy atom. The highest BCUT2D eigenvalue weighted by atomic mass is 16.5. The highest BCUT2D eigenvalue weighted by Crippen LogP contribution is 2.27. The fraction of sp³-hybridized carbons (Fsp3) is 0.360. The lowest BCUT2D eigenvalue weighted by Gasteiger charge is -2.18. The first kappa shape index (κ1) is 24.0. The van der Waals surface area contributed by atoms with Gasteiger partial charge in [0.1, 0.15) is 5.75 Å². The van der Waals surface area contributed by atoms with E-state index in [1.165, 1.54) is 18.9 Å². The van der Waals surface area contributed by atoms with Crippen LogP contribution in [0.3, 0.4) is 0 Å². The molecule has 0 spiro atoms. The summed E-state index contributed by atoms with van der Waals surface area (Å²) in [5, 5.41) is 0. The molecule has 1 fully saturated rings. The average molecular weight is 453 g/mol. The predicted octanol–water partition coefficient (Wildman–Crippen LogP) is 3.43. The third kappa shape index (κ3) is 5.77. The van der Waals surface area contributed by atoms with Crippen molar-refractivity contribution < 1.29 is 33.4 Å². The quantitative estimate of drug-likeness (QED) is 0.424. The van der Waals surface area contributed by atoms with Gasteiger partial charge in [-0.15, -0.1) is 0 Å². The van der Waals surface area contributed by atoms with Crippen LogP contribution in [0, 0.1) is 5.92 Å². The third-order valence-corrected chi connectivity index (χ3v) is 5.35. The van der Waals surface area contributed by atoms with Crippen LogP contribution >= 0.6 is 0 Å².